The van der Waals surface area contributed by atoms with Gasteiger partial charge in [0.05, 0.1) is 31.4 Å². The molecule has 4 aliphatic carbocycles. The molecule has 13 nitrogen and oxygen atoms in total. The summed E-state index contributed by atoms with van der Waals surface area (Å²) in [5.74, 6) is 0.964. The molecule has 5 fully saturated rings. The average Bonchev–Trinajstić information content (AvgIpc) is 3.62. The molecule has 1 aliphatic heterocycles. The van der Waals surface area contributed by atoms with Crippen molar-refractivity contribution in [3.63, 3.8) is 0 Å². The molecular formula is C56H95N5O8. The van der Waals surface area contributed by atoms with E-state index in [2.05, 4.69) is 79.0 Å². The van der Waals surface area contributed by atoms with E-state index in [0.29, 0.717) is 31.7 Å². The summed E-state index contributed by atoms with van der Waals surface area (Å²) in [7, 11) is 0. The van der Waals surface area contributed by atoms with E-state index in [4.69, 9.17) is 9.47 Å². The summed E-state index contributed by atoms with van der Waals surface area (Å²) < 4.78 is 11.4. The predicted octanol–water partition coefficient (Wildman–Crippen LogP) is 7.15. The number of esters is 2. The first-order chi connectivity index (χ1) is 32.1. The standard InChI is InChI=1S/C56H95N5O8/c1-37(43-18-19-44-51-45(32-47(64)56(43,44)12)55(11)22-21-42(62)30-39(55)31-46(51)63)13-20-48(65)58-40-16-14-38(15-17-40)29-41(57-33-49(66)68-53(5,6)7)34-59-23-24-60(35-50(67)69-54(8,9)10)26-28-61(27-25-59)36-52(2,3)4/h14-17,37,39,41-47,51,57,62-64H,13,18-36H2,1-12H3,(H,58,65)/t37?,39?,41?,42-,43?,44?,45?,46?,47+,51?,55+,56-/m1/s1. The Hall–Kier alpha value is -2.65. The van der Waals surface area contributed by atoms with E-state index in [9.17, 15) is 29.7 Å². The highest BCUT2D eigenvalue weighted by atomic mass is 16.6. The zero-order valence-corrected chi connectivity index (χ0v) is 44.9. The highest BCUT2D eigenvalue weighted by Gasteiger charge is 2.65. The van der Waals surface area contributed by atoms with E-state index in [-0.39, 0.29) is 88.9 Å². The Balaban J connectivity index is 1.06. The van der Waals surface area contributed by atoms with Gasteiger partial charge in [-0.3, -0.25) is 24.2 Å². The Morgan fingerprint density at radius 2 is 1.38 bits per heavy atom. The van der Waals surface area contributed by atoms with Crippen molar-refractivity contribution in [2.24, 2.45) is 51.8 Å². The van der Waals surface area contributed by atoms with Crippen LogP contribution in [0.25, 0.3) is 0 Å². The number of hydrogen-bond donors (Lipinski definition) is 5. The molecule has 5 N–H and O–H groups in total. The fourth-order valence-electron chi connectivity index (χ4n) is 14.0. The third-order valence-corrected chi connectivity index (χ3v) is 17.2. The van der Waals surface area contributed by atoms with Crippen LogP contribution in [0.4, 0.5) is 5.69 Å². The first kappa shape index (κ1) is 55.7. The van der Waals surface area contributed by atoms with Gasteiger partial charge in [-0.2, -0.15) is 0 Å². The zero-order chi connectivity index (χ0) is 50.7. The van der Waals surface area contributed by atoms with Gasteiger partial charge in [-0.25, -0.2) is 0 Å². The summed E-state index contributed by atoms with van der Waals surface area (Å²) in [5, 5.41) is 40.9. The number of carbonyl (C=O) groups excluding carboxylic acids is 3. The molecule has 0 aromatic heterocycles. The summed E-state index contributed by atoms with van der Waals surface area (Å²) in [6, 6.07) is 7.96. The number of rotatable bonds is 15. The maximum absolute atomic E-state index is 13.5. The van der Waals surface area contributed by atoms with Gasteiger partial charge in [-0.1, -0.05) is 53.7 Å². The summed E-state index contributed by atoms with van der Waals surface area (Å²) >= 11 is 0. The molecule has 8 unspecified atom stereocenters. The van der Waals surface area contributed by atoms with Gasteiger partial charge in [-0.05, 0) is 169 Å². The Labute approximate surface area is 416 Å². The predicted molar refractivity (Wildman–Crippen MR) is 273 cm³/mol. The topological polar surface area (TPSA) is 164 Å². The summed E-state index contributed by atoms with van der Waals surface area (Å²) in [4.78, 5) is 46.7. The van der Waals surface area contributed by atoms with Crippen LogP contribution in [-0.4, -0.2) is 149 Å². The monoisotopic (exact) mass is 966 g/mol. The molecule has 0 bridgehead atoms. The van der Waals surface area contributed by atoms with Gasteiger partial charge in [0.1, 0.15) is 11.2 Å². The number of nitrogens with zero attached hydrogens (tertiary/aromatic N) is 3. The number of aliphatic hydroxyl groups excluding tert-OH is 3. The Morgan fingerprint density at radius 3 is 2.00 bits per heavy atom. The molecule has 1 amide bonds. The SMILES string of the molecule is CC(CCC(=O)Nc1ccc(CC(CN2CCN(CC(=O)OC(C)(C)C)CCN(CC(C)(C)C)CC2)NCC(=O)OC(C)(C)C)cc1)C1CCC2C3C(O)CC4C[C@H](O)CC[C@]4(C)C3C[C@H](O)[C@]12C. The quantitative estimate of drug-likeness (QED) is 0.113. The Morgan fingerprint density at radius 1 is 0.768 bits per heavy atom. The second-order valence-corrected chi connectivity index (χ2v) is 26.2. The molecule has 12 atom stereocenters. The van der Waals surface area contributed by atoms with Crippen molar-refractivity contribution >= 4 is 23.5 Å². The molecule has 392 valence electrons. The lowest BCUT2D eigenvalue weighted by Crippen LogP contribution is -2.62. The molecule has 13 heteroatoms. The normalized spacial score (nSPS) is 32.9. The number of fused-ring (bicyclic) bond motifs is 5. The van der Waals surface area contributed by atoms with Crippen LogP contribution in [0.1, 0.15) is 146 Å². The molecule has 1 saturated heterocycles. The van der Waals surface area contributed by atoms with Crippen molar-refractivity contribution < 1.29 is 39.2 Å². The fraction of sp³-hybridized carbons (Fsp3) is 0.839. The van der Waals surface area contributed by atoms with Crippen molar-refractivity contribution in [1.29, 1.82) is 0 Å². The maximum atomic E-state index is 13.5. The first-order valence-corrected chi connectivity index (χ1v) is 26.9. The van der Waals surface area contributed by atoms with Gasteiger partial charge < -0.3 is 40.3 Å². The van der Waals surface area contributed by atoms with Crippen LogP contribution in [0.2, 0.25) is 0 Å². The molecule has 1 aromatic carbocycles. The van der Waals surface area contributed by atoms with Gasteiger partial charge in [0, 0.05) is 70.5 Å². The number of anilines is 1. The summed E-state index contributed by atoms with van der Waals surface area (Å²) in [6.07, 6.45) is 6.64. The molecule has 0 radical (unpaired) electrons. The number of aliphatic hydroxyl groups is 3. The first-order valence-electron chi connectivity index (χ1n) is 26.9. The Bertz CT molecular complexity index is 1860. The van der Waals surface area contributed by atoms with Crippen molar-refractivity contribution in [2.75, 3.05) is 70.8 Å². The van der Waals surface area contributed by atoms with Crippen molar-refractivity contribution in [3.8, 4) is 0 Å². The minimum Gasteiger partial charge on any atom is -0.459 e. The van der Waals surface area contributed by atoms with Crippen molar-refractivity contribution in [1.82, 2.24) is 20.0 Å². The van der Waals surface area contributed by atoms with Crippen molar-refractivity contribution in [2.45, 2.75) is 183 Å². The van der Waals surface area contributed by atoms with Gasteiger partial charge in [-0.15, -0.1) is 0 Å². The molecule has 1 heterocycles. The molecule has 69 heavy (non-hydrogen) atoms. The van der Waals surface area contributed by atoms with Crippen LogP contribution in [-0.2, 0) is 30.3 Å². The highest BCUT2D eigenvalue weighted by molar-refractivity contribution is 5.90. The second-order valence-electron chi connectivity index (χ2n) is 26.2. The van der Waals surface area contributed by atoms with Gasteiger partial charge in [0.2, 0.25) is 5.91 Å². The smallest absolute Gasteiger partial charge is 0.320 e. The number of benzene rings is 1. The van der Waals surface area contributed by atoms with Crippen LogP contribution in [0.3, 0.4) is 0 Å². The largest absolute Gasteiger partial charge is 0.459 e. The summed E-state index contributed by atoms with van der Waals surface area (Å²) in [6.45, 7) is 31.8. The van der Waals surface area contributed by atoms with Crippen LogP contribution in [0.15, 0.2) is 24.3 Å². The van der Waals surface area contributed by atoms with Gasteiger partial charge in [0.25, 0.3) is 0 Å². The van der Waals surface area contributed by atoms with E-state index in [1.165, 1.54) is 0 Å². The minimum atomic E-state index is -0.592. The van der Waals surface area contributed by atoms with E-state index in [1.54, 1.807) is 0 Å². The minimum absolute atomic E-state index is 0.0224. The maximum Gasteiger partial charge on any atom is 0.320 e. The molecule has 6 rings (SSSR count). The lowest BCUT2D eigenvalue weighted by molar-refractivity contribution is -0.207. The molecule has 0 spiro atoms. The van der Waals surface area contributed by atoms with Crippen LogP contribution in [0, 0.1) is 51.8 Å². The van der Waals surface area contributed by atoms with E-state index >= 15 is 0 Å². The molecule has 4 saturated carbocycles. The fourth-order valence-corrected chi connectivity index (χ4v) is 14.0. The van der Waals surface area contributed by atoms with Crippen LogP contribution in [0.5, 0.6) is 0 Å². The lowest BCUT2D eigenvalue weighted by Gasteiger charge is -2.63. The number of amides is 1. The summed E-state index contributed by atoms with van der Waals surface area (Å²) in [5.41, 5.74) is 0.547. The van der Waals surface area contributed by atoms with E-state index < -0.39 is 23.4 Å². The molecule has 5 aliphatic rings. The van der Waals surface area contributed by atoms with E-state index in [0.717, 1.165) is 102 Å². The van der Waals surface area contributed by atoms with E-state index in [1.807, 2.05) is 53.7 Å². The van der Waals surface area contributed by atoms with Gasteiger partial charge in [0.15, 0.2) is 0 Å². The third kappa shape index (κ3) is 15.0. The second kappa shape index (κ2) is 22.6. The Kier molecular flexibility index (Phi) is 18.3. The molecule has 1 aromatic rings. The van der Waals surface area contributed by atoms with Crippen LogP contribution >= 0.6 is 0 Å². The third-order valence-electron chi connectivity index (χ3n) is 17.2. The van der Waals surface area contributed by atoms with Gasteiger partial charge >= 0.3 is 11.9 Å². The highest BCUT2D eigenvalue weighted by Crippen LogP contribution is 2.68. The van der Waals surface area contributed by atoms with Crippen molar-refractivity contribution in [3.05, 3.63) is 29.8 Å². The number of nitrogens with one attached hydrogen (secondary N) is 2. The number of ether oxygens (including phenoxy) is 2. The number of carbonyl (C=O) groups is 3. The van der Waals surface area contributed by atoms with Crippen LogP contribution < -0.4 is 10.6 Å². The number of hydrogen-bond acceptors (Lipinski definition) is 12. The molecular weight excluding hydrogens is 871 g/mol. The average molecular weight is 966 g/mol. The lowest BCUT2D eigenvalue weighted by atomic mass is 9.43. The zero-order valence-electron chi connectivity index (χ0n) is 44.9.